The van der Waals surface area contributed by atoms with Crippen molar-refractivity contribution in [2.75, 3.05) is 5.73 Å². The molecule has 5 heteroatoms. The van der Waals surface area contributed by atoms with Crippen molar-refractivity contribution in [3.8, 4) is 0 Å². The Morgan fingerprint density at radius 3 is 2.45 bits per heavy atom. The summed E-state index contributed by atoms with van der Waals surface area (Å²) < 4.78 is 1.53. The Morgan fingerprint density at radius 2 is 2.27 bits per heavy atom. The van der Waals surface area contributed by atoms with Crippen molar-refractivity contribution in [3.63, 3.8) is 0 Å². The lowest BCUT2D eigenvalue weighted by molar-refractivity contribution is 0.0690. The van der Waals surface area contributed by atoms with Gasteiger partial charge in [0.1, 0.15) is 0 Å². The number of hydrogen-bond acceptors (Lipinski definition) is 3. The summed E-state index contributed by atoms with van der Waals surface area (Å²) in [6, 6.07) is 0. The summed E-state index contributed by atoms with van der Waals surface area (Å²) >= 11 is 0. The van der Waals surface area contributed by atoms with Crippen LogP contribution < -0.4 is 5.73 Å². The fourth-order valence-electron chi connectivity index (χ4n) is 0.804. The molecule has 0 amide bonds. The first-order valence-electron chi connectivity index (χ1n) is 3.06. The number of aromatic nitrogens is 2. The van der Waals surface area contributed by atoms with Gasteiger partial charge in [0.05, 0.1) is 5.69 Å². The van der Waals surface area contributed by atoms with Crippen LogP contribution >= 0.6 is 0 Å². The van der Waals surface area contributed by atoms with Gasteiger partial charge >= 0.3 is 5.97 Å². The SMILES string of the molecule is Cc1c(C(=O)O)nc(N)n1C. The van der Waals surface area contributed by atoms with E-state index in [1.807, 2.05) is 0 Å². The van der Waals surface area contributed by atoms with Crippen LogP contribution in [0.1, 0.15) is 16.2 Å². The highest BCUT2D eigenvalue weighted by molar-refractivity contribution is 5.87. The first kappa shape index (κ1) is 7.59. The van der Waals surface area contributed by atoms with Crippen LogP contribution in [0.15, 0.2) is 0 Å². The van der Waals surface area contributed by atoms with Gasteiger partial charge in [0, 0.05) is 7.05 Å². The van der Waals surface area contributed by atoms with E-state index in [9.17, 15) is 4.79 Å². The molecule has 0 fully saturated rings. The highest BCUT2D eigenvalue weighted by atomic mass is 16.4. The molecule has 11 heavy (non-hydrogen) atoms. The molecule has 5 nitrogen and oxygen atoms in total. The van der Waals surface area contributed by atoms with E-state index in [0.29, 0.717) is 5.69 Å². The van der Waals surface area contributed by atoms with E-state index < -0.39 is 5.97 Å². The number of imidazole rings is 1. The Kier molecular flexibility index (Phi) is 1.56. The van der Waals surface area contributed by atoms with E-state index in [1.54, 1.807) is 14.0 Å². The zero-order chi connectivity index (χ0) is 8.59. The van der Waals surface area contributed by atoms with Crippen LogP contribution in [0.4, 0.5) is 5.95 Å². The van der Waals surface area contributed by atoms with Crippen LogP contribution in [0.3, 0.4) is 0 Å². The lowest BCUT2D eigenvalue weighted by atomic mass is 10.3. The summed E-state index contributed by atoms with van der Waals surface area (Å²) in [7, 11) is 1.67. The van der Waals surface area contributed by atoms with E-state index in [1.165, 1.54) is 4.57 Å². The molecular formula is C6H9N3O2. The number of carboxylic acids is 1. The van der Waals surface area contributed by atoms with Crippen molar-refractivity contribution < 1.29 is 9.90 Å². The molecule has 0 radical (unpaired) electrons. The number of carboxylic acid groups (broad SMARTS) is 1. The molecule has 3 N–H and O–H groups in total. The van der Waals surface area contributed by atoms with E-state index >= 15 is 0 Å². The molecule has 60 valence electrons. The highest BCUT2D eigenvalue weighted by Crippen LogP contribution is 2.09. The molecule has 1 heterocycles. The second kappa shape index (κ2) is 2.26. The van der Waals surface area contributed by atoms with Gasteiger partial charge < -0.3 is 15.4 Å². The Bertz CT molecular complexity index is 303. The van der Waals surface area contributed by atoms with Crippen molar-refractivity contribution in [1.29, 1.82) is 0 Å². The van der Waals surface area contributed by atoms with Gasteiger partial charge in [-0.3, -0.25) is 0 Å². The molecule has 1 aromatic rings. The predicted molar refractivity (Wildman–Crippen MR) is 39.3 cm³/mol. The summed E-state index contributed by atoms with van der Waals surface area (Å²) in [4.78, 5) is 14.1. The zero-order valence-electron chi connectivity index (χ0n) is 6.33. The van der Waals surface area contributed by atoms with Gasteiger partial charge in [-0.15, -0.1) is 0 Å². The Labute approximate surface area is 63.5 Å². The third-order valence-corrected chi connectivity index (χ3v) is 1.62. The summed E-state index contributed by atoms with van der Waals surface area (Å²) in [6.45, 7) is 1.66. The highest BCUT2D eigenvalue weighted by Gasteiger charge is 2.14. The van der Waals surface area contributed by atoms with Gasteiger partial charge in [-0.2, -0.15) is 0 Å². The molecule has 1 aromatic heterocycles. The number of aromatic carboxylic acids is 1. The maximum atomic E-state index is 10.5. The van der Waals surface area contributed by atoms with Gasteiger partial charge in [0.25, 0.3) is 0 Å². The van der Waals surface area contributed by atoms with Crippen molar-refractivity contribution in [2.24, 2.45) is 7.05 Å². The van der Waals surface area contributed by atoms with Crippen LogP contribution in [-0.4, -0.2) is 20.6 Å². The van der Waals surface area contributed by atoms with Crippen molar-refractivity contribution in [2.45, 2.75) is 6.92 Å². The second-order valence-electron chi connectivity index (χ2n) is 2.27. The summed E-state index contributed by atoms with van der Waals surface area (Å²) in [6.07, 6.45) is 0. The van der Waals surface area contributed by atoms with Crippen LogP contribution in [0.25, 0.3) is 0 Å². The molecule has 0 unspecified atom stereocenters. The number of carbonyl (C=O) groups is 1. The average Bonchev–Trinajstić information content (AvgIpc) is 2.17. The van der Waals surface area contributed by atoms with Gasteiger partial charge in [0.15, 0.2) is 5.69 Å². The summed E-state index contributed by atoms with van der Waals surface area (Å²) in [5, 5.41) is 8.57. The van der Waals surface area contributed by atoms with E-state index in [0.717, 1.165) is 0 Å². The Balaban J connectivity index is 3.29. The first-order valence-corrected chi connectivity index (χ1v) is 3.06. The number of nitrogens with zero attached hydrogens (tertiary/aromatic N) is 2. The molecule has 0 saturated carbocycles. The minimum absolute atomic E-state index is 0.0185. The van der Waals surface area contributed by atoms with Crippen LogP contribution in [0, 0.1) is 6.92 Å². The second-order valence-corrected chi connectivity index (χ2v) is 2.27. The summed E-state index contributed by atoms with van der Waals surface area (Å²) in [5.74, 6) is -0.824. The molecule has 0 saturated heterocycles. The molecular weight excluding hydrogens is 146 g/mol. The van der Waals surface area contributed by atoms with E-state index in [-0.39, 0.29) is 11.6 Å². The largest absolute Gasteiger partial charge is 0.476 e. The molecule has 1 rings (SSSR count). The monoisotopic (exact) mass is 155 g/mol. The van der Waals surface area contributed by atoms with Gasteiger partial charge in [-0.25, -0.2) is 9.78 Å². The van der Waals surface area contributed by atoms with E-state index in [2.05, 4.69) is 4.98 Å². The predicted octanol–water partition coefficient (Wildman–Crippen LogP) is 0.00892. The van der Waals surface area contributed by atoms with Crippen LogP contribution in [-0.2, 0) is 7.05 Å². The molecule has 0 atom stereocenters. The fraction of sp³-hybridized carbons (Fsp3) is 0.333. The lowest BCUT2D eigenvalue weighted by Gasteiger charge is -1.94. The molecule has 0 bridgehead atoms. The number of hydrogen-bond donors (Lipinski definition) is 2. The topological polar surface area (TPSA) is 81.1 Å². The molecule has 0 aliphatic rings. The van der Waals surface area contributed by atoms with Crippen LogP contribution in [0.5, 0.6) is 0 Å². The normalized spacial score (nSPS) is 10.0. The smallest absolute Gasteiger partial charge is 0.356 e. The van der Waals surface area contributed by atoms with Gasteiger partial charge in [0.2, 0.25) is 5.95 Å². The Morgan fingerprint density at radius 1 is 1.73 bits per heavy atom. The minimum atomic E-state index is -1.05. The van der Waals surface area contributed by atoms with Crippen molar-refractivity contribution in [3.05, 3.63) is 11.4 Å². The number of nitrogen functional groups attached to an aromatic ring is 1. The van der Waals surface area contributed by atoms with E-state index in [4.69, 9.17) is 10.8 Å². The van der Waals surface area contributed by atoms with Crippen molar-refractivity contribution >= 4 is 11.9 Å². The minimum Gasteiger partial charge on any atom is -0.476 e. The maximum Gasteiger partial charge on any atom is 0.356 e. The molecule has 0 aliphatic heterocycles. The van der Waals surface area contributed by atoms with Crippen molar-refractivity contribution in [1.82, 2.24) is 9.55 Å². The molecule has 0 aromatic carbocycles. The lowest BCUT2D eigenvalue weighted by Crippen LogP contribution is -2.00. The molecule has 0 spiro atoms. The van der Waals surface area contributed by atoms with Crippen LogP contribution in [0.2, 0.25) is 0 Å². The number of anilines is 1. The summed E-state index contributed by atoms with van der Waals surface area (Å²) in [5.41, 5.74) is 5.95. The Hall–Kier alpha value is -1.52. The van der Waals surface area contributed by atoms with Gasteiger partial charge in [-0.05, 0) is 6.92 Å². The number of rotatable bonds is 1. The zero-order valence-corrected chi connectivity index (χ0v) is 6.33. The number of nitrogens with two attached hydrogens (primary N) is 1. The first-order chi connectivity index (χ1) is 5.04. The standard InChI is InChI=1S/C6H9N3O2/c1-3-4(5(10)11)8-6(7)9(3)2/h1-2H3,(H2,7,8)(H,10,11). The third-order valence-electron chi connectivity index (χ3n) is 1.62. The third kappa shape index (κ3) is 1.04. The average molecular weight is 155 g/mol. The fourth-order valence-corrected chi connectivity index (χ4v) is 0.804. The van der Waals surface area contributed by atoms with Gasteiger partial charge in [-0.1, -0.05) is 0 Å². The molecule has 0 aliphatic carbocycles. The maximum absolute atomic E-state index is 10.5. The quantitative estimate of drug-likeness (QED) is 0.598.